The quantitative estimate of drug-likeness (QED) is 0.623. The van der Waals surface area contributed by atoms with Crippen molar-refractivity contribution in [1.82, 2.24) is 15.5 Å². The number of fused-ring (bicyclic) bond motifs is 1. The second kappa shape index (κ2) is 8.39. The van der Waals surface area contributed by atoms with Gasteiger partial charge in [-0.3, -0.25) is 4.99 Å². The molecule has 0 saturated heterocycles. The molecule has 1 aliphatic rings. The van der Waals surface area contributed by atoms with E-state index in [1.165, 1.54) is 25.7 Å². The molecule has 3 rings (SSSR count). The van der Waals surface area contributed by atoms with Crippen LogP contribution in [0.15, 0.2) is 39.7 Å². The van der Waals surface area contributed by atoms with Crippen LogP contribution in [0, 0.1) is 0 Å². The number of benzene rings is 1. The maximum absolute atomic E-state index is 5.93. The molecule has 25 heavy (non-hydrogen) atoms. The number of hydrogen-bond acceptors (Lipinski definition) is 3. The lowest BCUT2D eigenvalue weighted by molar-refractivity contribution is 0.249. The highest BCUT2D eigenvalue weighted by Crippen LogP contribution is 2.23. The fraction of sp³-hybridized carbons (Fsp3) is 0.550. The van der Waals surface area contributed by atoms with Gasteiger partial charge in [0, 0.05) is 31.6 Å². The SMILES string of the molecule is CN=C(NCCN(C)C1CCCC1)NC(C)c1cc2ccccc2o1. The van der Waals surface area contributed by atoms with Crippen molar-refractivity contribution >= 4 is 16.9 Å². The van der Waals surface area contributed by atoms with E-state index < -0.39 is 0 Å². The average Bonchev–Trinajstić information content (AvgIpc) is 3.29. The maximum Gasteiger partial charge on any atom is 0.191 e. The van der Waals surface area contributed by atoms with Crippen LogP contribution in [0.3, 0.4) is 0 Å². The molecular formula is C20H30N4O. The Hall–Kier alpha value is -2.01. The Bertz CT molecular complexity index is 670. The van der Waals surface area contributed by atoms with Crippen molar-refractivity contribution < 1.29 is 4.42 Å². The molecule has 0 bridgehead atoms. The van der Waals surface area contributed by atoms with E-state index in [9.17, 15) is 0 Å². The number of rotatable bonds is 6. The molecular weight excluding hydrogens is 312 g/mol. The molecule has 136 valence electrons. The number of likely N-dealkylation sites (N-methyl/N-ethyl adjacent to an activating group) is 1. The number of guanidine groups is 1. The molecule has 1 unspecified atom stereocenters. The van der Waals surface area contributed by atoms with E-state index in [4.69, 9.17) is 4.42 Å². The van der Waals surface area contributed by atoms with Crippen LogP contribution in [0.5, 0.6) is 0 Å². The number of hydrogen-bond donors (Lipinski definition) is 2. The monoisotopic (exact) mass is 342 g/mol. The van der Waals surface area contributed by atoms with Gasteiger partial charge in [-0.2, -0.15) is 0 Å². The summed E-state index contributed by atoms with van der Waals surface area (Å²) in [5, 5.41) is 7.96. The maximum atomic E-state index is 5.93. The van der Waals surface area contributed by atoms with Gasteiger partial charge in [0.05, 0.1) is 6.04 Å². The van der Waals surface area contributed by atoms with E-state index in [0.29, 0.717) is 0 Å². The van der Waals surface area contributed by atoms with Crippen molar-refractivity contribution in [1.29, 1.82) is 0 Å². The van der Waals surface area contributed by atoms with Crippen LogP contribution in [0.25, 0.3) is 11.0 Å². The Balaban J connectivity index is 1.49. The molecule has 2 aromatic rings. The molecule has 0 radical (unpaired) electrons. The minimum Gasteiger partial charge on any atom is -0.459 e. The highest BCUT2D eigenvalue weighted by molar-refractivity contribution is 5.81. The van der Waals surface area contributed by atoms with E-state index in [2.05, 4.69) is 46.6 Å². The molecule has 1 heterocycles. The third-order valence-corrected chi connectivity index (χ3v) is 5.15. The standard InChI is InChI=1S/C20H30N4O/c1-15(19-14-16-8-4-7-11-18(16)25-19)23-20(21-2)22-12-13-24(3)17-9-5-6-10-17/h4,7-8,11,14-15,17H,5-6,9-10,12-13H2,1-3H3,(H2,21,22,23). The number of furan rings is 1. The lowest BCUT2D eigenvalue weighted by atomic mass is 10.2. The summed E-state index contributed by atoms with van der Waals surface area (Å²) in [6.07, 6.45) is 5.43. The van der Waals surface area contributed by atoms with Crippen molar-refractivity contribution in [3.63, 3.8) is 0 Å². The lowest BCUT2D eigenvalue weighted by Gasteiger charge is -2.24. The second-order valence-corrected chi connectivity index (χ2v) is 6.97. The fourth-order valence-electron chi connectivity index (χ4n) is 3.56. The largest absolute Gasteiger partial charge is 0.459 e. The van der Waals surface area contributed by atoms with Crippen molar-refractivity contribution in [3.05, 3.63) is 36.1 Å². The van der Waals surface area contributed by atoms with E-state index in [-0.39, 0.29) is 6.04 Å². The zero-order chi connectivity index (χ0) is 17.6. The Labute approximate surface area is 150 Å². The van der Waals surface area contributed by atoms with Gasteiger partial charge in [0.2, 0.25) is 0 Å². The topological polar surface area (TPSA) is 52.8 Å². The number of nitrogens with one attached hydrogen (secondary N) is 2. The van der Waals surface area contributed by atoms with Crippen LogP contribution in [-0.2, 0) is 0 Å². The first-order valence-corrected chi connectivity index (χ1v) is 9.33. The Morgan fingerprint density at radius 3 is 2.80 bits per heavy atom. The molecule has 5 heteroatoms. The van der Waals surface area contributed by atoms with Gasteiger partial charge >= 0.3 is 0 Å². The highest BCUT2D eigenvalue weighted by Gasteiger charge is 2.19. The summed E-state index contributed by atoms with van der Waals surface area (Å²) in [6.45, 7) is 4.01. The molecule has 0 amide bonds. The molecule has 1 fully saturated rings. The molecule has 0 spiro atoms. The minimum atomic E-state index is 0.0613. The predicted octanol–water partition coefficient (Wildman–Crippen LogP) is 3.53. The van der Waals surface area contributed by atoms with Gasteiger partial charge in [-0.25, -0.2) is 0 Å². The average molecular weight is 342 g/mol. The first-order valence-electron chi connectivity index (χ1n) is 9.33. The molecule has 1 aliphatic carbocycles. The van der Waals surface area contributed by atoms with Crippen molar-refractivity contribution in [3.8, 4) is 0 Å². The minimum absolute atomic E-state index is 0.0613. The van der Waals surface area contributed by atoms with E-state index in [0.717, 1.165) is 41.8 Å². The van der Waals surface area contributed by atoms with Crippen LogP contribution in [-0.4, -0.2) is 44.1 Å². The summed E-state index contributed by atoms with van der Waals surface area (Å²) in [7, 11) is 4.03. The van der Waals surface area contributed by atoms with E-state index >= 15 is 0 Å². The van der Waals surface area contributed by atoms with Crippen LogP contribution < -0.4 is 10.6 Å². The van der Waals surface area contributed by atoms with Gasteiger partial charge in [0.1, 0.15) is 11.3 Å². The van der Waals surface area contributed by atoms with Crippen molar-refractivity contribution in [2.45, 2.75) is 44.7 Å². The first kappa shape index (κ1) is 17.8. The Kier molecular flexibility index (Phi) is 5.97. The van der Waals surface area contributed by atoms with Crippen LogP contribution in [0.2, 0.25) is 0 Å². The molecule has 2 N–H and O–H groups in total. The summed E-state index contributed by atoms with van der Waals surface area (Å²) in [5.41, 5.74) is 0.923. The summed E-state index contributed by atoms with van der Waals surface area (Å²) in [5.74, 6) is 1.74. The Morgan fingerprint density at radius 2 is 2.08 bits per heavy atom. The van der Waals surface area contributed by atoms with Crippen molar-refractivity contribution in [2.75, 3.05) is 27.2 Å². The predicted molar refractivity (Wildman–Crippen MR) is 104 cm³/mol. The van der Waals surface area contributed by atoms with Crippen LogP contribution in [0.4, 0.5) is 0 Å². The van der Waals surface area contributed by atoms with Crippen molar-refractivity contribution in [2.24, 2.45) is 4.99 Å². The third-order valence-electron chi connectivity index (χ3n) is 5.15. The highest BCUT2D eigenvalue weighted by atomic mass is 16.3. The van der Waals surface area contributed by atoms with Gasteiger partial charge in [0.25, 0.3) is 0 Å². The molecule has 1 saturated carbocycles. The molecule has 1 atom stereocenters. The van der Waals surface area contributed by atoms with E-state index in [1.807, 2.05) is 18.2 Å². The fourth-order valence-corrected chi connectivity index (χ4v) is 3.56. The van der Waals surface area contributed by atoms with E-state index in [1.54, 1.807) is 7.05 Å². The van der Waals surface area contributed by atoms with Crippen LogP contribution in [0.1, 0.15) is 44.4 Å². The summed E-state index contributed by atoms with van der Waals surface area (Å²) >= 11 is 0. The number of para-hydroxylation sites is 1. The lowest BCUT2D eigenvalue weighted by Crippen LogP contribution is -2.43. The smallest absolute Gasteiger partial charge is 0.191 e. The molecule has 1 aromatic heterocycles. The third kappa shape index (κ3) is 4.54. The van der Waals surface area contributed by atoms with Gasteiger partial charge in [-0.15, -0.1) is 0 Å². The zero-order valence-corrected chi connectivity index (χ0v) is 15.6. The van der Waals surface area contributed by atoms with Gasteiger partial charge in [0.15, 0.2) is 5.96 Å². The Morgan fingerprint density at radius 1 is 1.32 bits per heavy atom. The zero-order valence-electron chi connectivity index (χ0n) is 15.6. The molecule has 0 aliphatic heterocycles. The van der Waals surface area contributed by atoms with Gasteiger partial charge < -0.3 is 20.0 Å². The summed E-state index contributed by atoms with van der Waals surface area (Å²) in [6, 6.07) is 11.0. The summed E-state index contributed by atoms with van der Waals surface area (Å²) in [4.78, 5) is 6.80. The second-order valence-electron chi connectivity index (χ2n) is 6.97. The van der Waals surface area contributed by atoms with Gasteiger partial charge in [-0.05, 0) is 38.9 Å². The number of aliphatic imine (C=N–C) groups is 1. The van der Waals surface area contributed by atoms with Crippen LogP contribution >= 0.6 is 0 Å². The first-order chi connectivity index (χ1) is 12.2. The summed E-state index contributed by atoms with van der Waals surface area (Å²) < 4.78 is 5.93. The molecule has 5 nitrogen and oxygen atoms in total. The molecule has 1 aromatic carbocycles. The van der Waals surface area contributed by atoms with Gasteiger partial charge in [-0.1, -0.05) is 31.0 Å². The normalized spacial score (nSPS) is 17.4. The number of nitrogens with zero attached hydrogens (tertiary/aromatic N) is 2.